The minimum Gasteiger partial charge on any atom is -0.477 e. The van der Waals surface area contributed by atoms with Gasteiger partial charge in [0.25, 0.3) is 0 Å². The standard InChI is InChI=1S/C15H21Cl2NO3/c1-4-6-18-9-11-7-12(16)8-13(17)14(11)21-10(3)15(19)20-5-2/h7-8,10,18H,4-6,9H2,1-3H3. The second kappa shape index (κ2) is 9.13. The molecule has 0 saturated heterocycles. The lowest BCUT2D eigenvalue weighted by Crippen LogP contribution is -2.27. The highest BCUT2D eigenvalue weighted by molar-refractivity contribution is 6.35. The van der Waals surface area contributed by atoms with Crippen molar-refractivity contribution in [2.75, 3.05) is 13.2 Å². The van der Waals surface area contributed by atoms with Gasteiger partial charge in [0.15, 0.2) is 6.10 Å². The van der Waals surface area contributed by atoms with Gasteiger partial charge in [0.2, 0.25) is 0 Å². The molecule has 0 radical (unpaired) electrons. The summed E-state index contributed by atoms with van der Waals surface area (Å²) in [5, 5.41) is 4.17. The van der Waals surface area contributed by atoms with Crippen molar-refractivity contribution in [1.29, 1.82) is 0 Å². The largest absolute Gasteiger partial charge is 0.477 e. The van der Waals surface area contributed by atoms with Crippen LogP contribution in [0.4, 0.5) is 0 Å². The normalized spacial score (nSPS) is 12.0. The summed E-state index contributed by atoms with van der Waals surface area (Å²) in [6.07, 6.45) is 0.289. The van der Waals surface area contributed by atoms with Gasteiger partial charge in [-0.05, 0) is 38.9 Å². The van der Waals surface area contributed by atoms with E-state index in [0.29, 0.717) is 28.9 Å². The first kappa shape index (κ1) is 18.1. The SMILES string of the molecule is CCCNCc1cc(Cl)cc(Cl)c1OC(C)C(=O)OCC. The molecule has 0 aromatic heterocycles. The molecule has 118 valence electrons. The van der Waals surface area contributed by atoms with E-state index in [-0.39, 0.29) is 0 Å². The number of ether oxygens (including phenoxy) is 2. The average Bonchev–Trinajstić information content (AvgIpc) is 2.42. The fourth-order valence-corrected chi connectivity index (χ4v) is 2.34. The van der Waals surface area contributed by atoms with E-state index < -0.39 is 12.1 Å². The second-order valence-corrected chi connectivity index (χ2v) is 5.41. The maximum Gasteiger partial charge on any atom is 0.347 e. The molecule has 1 aromatic rings. The summed E-state index contributed by atoms with van der Waals surface area (Å²) in [5.41, 5.74) is 0.817. The van der Waals surface area contributed by atoms with Crippen molar-refractivity contribution < 1.29 is 14.3 Å². The Balaban J connectivity index is 2.90. The van der Waals surface area contributed by atoms with Gasteiger partial charge in [-0.1, -0.05) is 30.1 Å². The zero-order valence-corrected chi connectivity index (χ0v) is 14.1. The van der Waals surface area contributed by atoms with Gasteiger partial charge < -0.3 is 14.8 Å². The Labute approximate surface area is 135 Å². The van der Waals surface area contributed by atoms with Gasteiger partial charge in [-0.2, -0.15) is 0 Å². The highest BCUT2D eigenvalue weighted by Crippen LogP contribution is 2.33. The predicted molar refractivity (Wildman–Crippen MR) is 85.2 cm³/mol. The van der Waals surface area contributed by atoms with Crippen molar-refractivity contribution in [2.45, 2.75) is 39.8 Å². The number of halogens is 2. The van der Waals surface area contributed by atoms with Gasteiger partial charge in [0, 0.05) is 17.1 Å². The van der Waals surface area contributed by atoms with Gasteiger partial charge in [-0.3, -0.25) is 0 Å². The molecule has 0 aliphatic heterocycles. The molecule has 1 unspecified atom stereocenters. The summed E-state index contributed by atoms with van der Waals surface area (Å²) in [6.45, 7) is 7.21. The van der Waals surface area contributed by atoms with E-state index in [1.807, 2.05) is 0 Å². The first-order chi connectivity index (χ1) is 9.99. The van der Waals surface area contributed by atoms with E-state index in [2.05, 4.69) is 12.2 Å². The Hall–Kier alpha value is -0.970. The van der Waals surface area contributed by atoms with Crippen LogP contribution in [-0.2, 0) is 16.1 Å². The van der Waals surface area contributed by atoms with Crippen LogP contribution in [0.2, 0.25) is 10.0 Å². The Bertz CT molecular complexity index is 480. The molecule has 1 N–H and O–H groups in total. The maximum absolute atomic E-state index is 11.7. The van der Waals surface area contributed by atoms with Gasteiger partial charge in [-0.25, -0.2) is 4.79 Å². The van der Waals surface area contributed by atoms with Crippen molar-refractivity contribution in [1.82, 2.24) is 5.32 Å². The number of nitrogens with one attached hydrogen (secondary N) is 1. The summed E-state index contributed by atoms with van der Waals surface area (Å²) in [7, 11) is 0. The Morgan fingerprint density at radius 3 is 2.67 bits per heavy atom. The third kappa shape index (κ3) is 5.73. The third-order valence-electron chi connectivity index (χ3n) is 2.74. The molecule has 0 aliphatic carbocycles. The molecule has 21 heavy (non-hydrogen) atoms. The highest BCUT2D eigenvalue weighted by Gasteiger charge is 2.20. The van der Waals surface area contributed by atoms with Crippen molar-refractivity contribution in [3.05, 3.63) is 27.7 Å². The van der Waals surface area contributed by atoms with Crippen LogP contribution < -0.4 is 10.1 Å². The van der Waals surface area contributed by atoms with Crippen molar-refractivity contribution in [2.24, 2.45) is 0 Å². The number of hydrogen-bond donors (Lipinski definition) is 1. The van der Waals surface area contributed by atoms with Gasteiger partial charge in [-0.15, -0.1) is 0 Å². The lowest BCUT2D eigenvalue weighted by atomic mass is 10.2. The summed E-state index contributed by atoms with van der Waals surface area (Å²) in [6, 6.07) is 3.38. The lowest BCUT2D eigenvalue weighted by molar-refractivity contribution is -0.150. The molecule has 1 atom stereocenters. The topological polar surface area (TPSA) is 47.6 Å². The average molecular weight is 334 g/mol. The van der Waals surface area contributed by atoms with Crippen LogP contribution in [-0.4, -0.2) is 25.2 Å². The zero-order valence-electron chi connectivity index (χ0n) is 12.5. The Morgan fingerprint density at radius 1 is 1.33 bits per heavy atom. The smallest absolute Gasteiger partial charge is 0.347 e. The molecular weight excluding hydrogens is 313 g/mol. The maximum atomic E-state index is 11.7. The molecular formula is C15H21Cl2NO3. The first-order valence-electron chi connectivity index (χ1n) is 7.01. The van der Waals surface area contributed by atoms with E-state index in [9.17, 15) is 4.79 Å². The molecule has 1 rings (SSSR count). The van der Waals surface area contributed by atoms with Crippen LogP contribution in [0.3, 0.4) is 0 Å². The molecule has 0 aliphatic rings. The second-order valence-electron chi connectivity index (χ2n) is 4.56. The number of carbonyl (C=O) groups is 1. The van der Waals surface area contributed by atoms with E-state index in [1.54, 1.807) is 26.0 Å². The van der Waals surface area contributed by atoms with E-state index >= 15 is 0 Å². The van der Waals surface area contributed by atoms with Crippen LogP contribution in [0.25, 0.3) is 0 Å². The van der Waals surface area contributed by atoms with Crippen LogP contribution in [0.5, 0.6) is 5.75 Å². The Morgan fingerprint density at radius 2 is 2.05 bits per heavy atom. The number of rotatable bonds is 8. The number of carbonyl (C=O) groups excluding carboxylic acids is 1. The Kier molecular flexibility index (Phi) is 7.86. The van der Waals surface area contributed by atoms with E-state index in [4.69, 9.17) is 32.7 Å². The van der Waals surface area contributed by atoms with E-state index in [1.165, 1.54) is 0 Å². The van der Waals surface area contributed by atoms with Crippen LogP contribution in [0, 0.1) is 0 Å². The van der Waals surface area contributed by atoms with Gasteiger partial charge in [0.05, 0.1) is 11.6 Å². The first-order valence-corrected chi connectivity index (χ1v) is 7.77. The summed E-state index contributed by atoms with van der Waals surface area (Å²) < 4.78 is 10.6. The third-order valence-corrected chi connectivity index (χ3v) is 3.24. The summed E-state index contributed by atoms with van der Waals surface area (Å²) >= 11 is 12.2. The zero-order chi connectivity index (χ0) is 15.8. The molecule has 0 amide bonds. The molecule has 0 fully saturated rings. The van der Waals surface area contributed by atoms with Crippen LogP contribution in [0.15, 0.2) is 12.1 Å². The van der Waals surface area contributed by atoms with Crippen LogP contribution in [0.1, 0.15) is 32.8 Å². The van der Waals surface area contributed by atoms with Crippen molar-refractivity contribution in [3.63, 3.8) is 0 Å². The van der Waals surface area contributed by atoms with Crippen molar-refractivity contribution >= 4 is 29.2 Å². The fraction of sp³-hybridized carbons (Fsp3) is 0.533. The van der Waals surface area contributed by atoms with Crippen molar-refractivity contribution in [3.8, 4) is 5.75 Å². The molecule has 0 heterocycles. The molecule has 0 saturated carbocycles. The number of benzene rings is 1. The summed E-state index contributed by atoms with van der Waals surface area (Å²) in [5.74, 6) is 0.0428. The summed E-state index contributed by atoms with van der Waals surface area (Å²) in [4.78, 5) is 11.7. The van der Waals surface area contributed by atoms with Gasteiger partial charge in [0.1, 0.15) is 5.75 Å². The van der Waals surface area contributed by atoms with E-state index in [0.717, 1.165) is 18.5 Å². The molecule has 6 heteroatoms. The molecule has 1 aromatic carbocycles. The number of hydrogen-bond acceptors (Lipinski definition) is 4. The quantitative estimate of drug-likeness (QED) is 0.580. The minimum absolute atomic E-state index is 0.311. The monoisotopic (exact) mass is 333 g/mol. The van der Waals surface area contributed by atoms with Gasteiger partial charge >= 0.3 is 5.97 Å². The fourth-order valence-electron chi connectivity index (χ4n) is 1.76. The lowest BCUT2D eigenvalue weighted by Gasteiger charge is -2.18. The number of esters is 1. The predicted octanol–water partition coefficient (Wildman–Crippen LogP) is 3.82. The molecule has 0 bridgehead atoms. The van der Waals surface area contributed by atoms with Crippen LogP contribution >= 0.6 is 23.2 Å². The molecule has 4 nitrogen and oxygen atoms in total. The minimum atomic E-state index is -0.728. The molecule has 0 spiro atoms. The highest BCUT2D eigenvalue weighted by atomic mass is 35.5.